The van der Waals surface area contributed by atoms with E-state index in [4.69, 9.17) is 18.5 Å². The number of likely N-dealkylation sites (N-methyl/N-ethyl adjacent to an activating group) is 1. The highest BCUT2D eigenvalue weighted by atomic mass is 31.2. The van der Waals surface area contributed by atoms with Crippen LogP contribution in [0.4, 0.5) is 0 Å². The van der Waals surface area contributed by atoms with Crippen molar-refractivity contribution in [3.63, 3.8) is 0 Å². The van der Waals surface area contributed by atoms with Gasteiger partial charge in [-0.05, 0) is 51.4 Å². The number of hydrogen-bond acceptors (Lipinski definition) is 7. The predicted molar refractivity (Wildman–Crippen MR) is 289 cm³/mol. The Hall–Kier alpha value is -1.77. The Labute approximate surface area is 421 Å². The fraction of sp³-hybridized carbons (Fsp3) is 0.862. The Kier molecular flexibility index (Phi) is 48.9. The number of allylic oxidation sites excluding steroid dienone is 6. The minimum Gasteiger partial charge on any atom is -0.462 e. The number of carbonyl (C=O) groups is 2. The van der Waals surface area contributed by atoms with E-state index in [2.05, 4.69) is 50.3 Å². The number of ether oxygens (including phenoxy) is 2. The molecule has 0 aliphatic rings. The Morgan fingerprint density at radius 3 is 1.18 bits per heavy atom. The summed E-state index contributed by atoms with van der Waals surface area (Å²) in [7, 11) is 1.49. The highest BCUT2D eigenvalue weighted by Crippen LogP contribution is 2.43. The lowest BCUT2D eigenvalue weighted by molar-refractivity contribution is -0.870. The lowest BCUT2D eigenvalue weighted by atomic mass is 10.0. The number of phosphoric acid groups is 1. The van der Waals surface area contributed by atoms with Gasteiger partial charge in [-0.3, -0.25) is 18.6 Å². The van der Waals surface area contributed by atoms with Gasteiger partial charge in [0.05, 0.1) is 27.7 Å². The van der Waals surface area contributed by atoms with Crippen LogP contribution in [0.15, 0.2) is 36.5 Å². The molecule has 0 rings (SSSR count). The van der Waals surface area contributed by atoms with E-state index in [-0.39, 0.29) is 25.6 Å². The molecule has 10 heteroatoms. The Morgan fingerprint density at radius 1 is 0.456 bits per heavy atom. The third kappa shape index (κ3) is 53.6. The number of esters is 2. The zero-order valence-corrected chi connectivity index (χ0v) is 46.2. The summed E-state index contributed by atoms with van der Waals surface area (Å²) < 4.78 is 34.5. The normalized spacial score (nSPS) is 13.6. The second kappa shape index (κ2) is 50.2. The van der Waals surface area contributed by atoms with Gasteiger partial charge in [0, 0.05) is 12.8 Å². The molecule has 0 saturated heterocycles. The van der Waals surface area contributed by atoms with Gasteiger partial charge in [-0.2, -0.15) is 0 Å². The summed E-state index contributed by atoms with van der Waals surface area (Å²) in [5.41, 5.74) is 0. The van der Waals surface area contributed by atoms with Gasteiger partial charge in [0.15, 0.2) is 6.10 Å². The van der Waals surface area contributed by atoms with E-state index in [9.17, 15) is 19.0 Å². The number of quaternary nitrogens is 1. The molecule has 0 aromatic carbocycles. The van der Waals surface area contributed by atoms with Gasteiger partial charge in [-0.15, -0.1) is 0 Å². The Bertz CT molecular complexity index is 1250. The maximum absolute atomic E-state index is 12.8. The highest BCUT2D eigenvalue weighted by Gasteiger charge is 2.27. The van der Waals surface area contributed by atoms with Gasteiger partial charge in [0.1, 0.15) is 19.8 Å². The van der Waals surface area contributed by atoms with Gasteiger partial charge in [0.25, 0.3) is 0 Å². The third-order valence-electron chi connectivity index (χ3n) is 12.7. The molecule has 0 aliphatic carbocycles. The number of unbranched alkanes of at least 4 members (excludes halogenated alkanes) is 33. The molecule has 0 saturated carbocycles. The van der Waals surface area contributed by atoms with Crippen LogP contribution in [0.1, 0.15) is 271 Å². The van der Waals surface area contributed by atoms with Gasteiger partial charge in [-0.1, -0.05) is 243 Å². The highest BCUT2D eigenvalue weighted by molar-refractivity contribution is 7.47. The predicted octanol–water partition coefficient (Wildman–Crippen LogP) is 17.6. The van der Waals surface area contributed by atoms with E-state index < -0.39 is 26.5 Å². The SMILES string of the molecule is CCCCCCC/C=C\C/C=C\C/C=C\CCCCCCCCCCCCCCCCCCC(=O)OC(COC(=O)CCCCCCCCCCCCCCC)COP(=O)(O)OCC[N+](C)(C)C. The van der Waals surface area contributed by atoms with Crippen molar-refractivity contribution in [1.29, 1.82) is 0 Å². The van der Waals surface area contributed by atoms with Crippen LogP contribution >= 0.6 is 7.82 Å². The van der Waals surface area contributed by atoms with Crippen LogP contribution in [-0.4, -0.2) is 74.9 Å². The molecule has 0 aromatic heterocycles. The summed E-state index contributed by atoms with van der Waals surface area (Å²) in [4.78, 5) is 35.6. The summed E-state index contributed by atoms with van der Waals surface area (Å²) in [5.74, 6) is -0.785. The van der Waals surface area contributed by atoms with E-state index in [1.807, 2.05) is 21.1 Å². The number of nitrogens with zero attached hydrogens (tertiary/aromatic N) is 1. The van der Waals surface area contributed by atoms with Crippen LogP contribution in [0.3, 0.4) is 0 Å². The molecule has 0 aromatic rings. The molecule has 0 fully saturated rings. The summed E-state index contributed by atoms with van der Waals surface area (Å²) >= 11 is 0. The van der Waals surface area contributed by atoms with Crippen LogP contribution in [0.5, 0.6) is 0 Å². The summed E-state index contributed by atoms with van der Waals surface area (Å²) in [6, 6.07) is 0. The molecule has 0 bridgehead atoms. The molecular formula is C58H111NO8P+. The third-order valence-corrected chi connectivity index (χ3v) is 13.7. The van der Waals surface area contributed by atoms with Crippen molar-refractivity contribution in [2.45, 2.75) is 277 Å². The molecule has 400 valence electrons. The fourth-order valence-corrected chi connectivity index (χ4v) is 8.94. The number of phosphoric ester groups is 1. The molecule has 0 heterocycles. The molecule has 68 heavy (non-hydrogen) atoms. The first-order chi connectivity index (χ1) is 33.0. The standard InChI is InChI=1S/C58H110NO8P/c1-6-8-10-12-14-16-18-20-21-22-23-24-25-26-27-28-29-30-31-32-33-34-35-36-37-39-41-43-45-47-49-51-58(61)67-56(55-66-68(62,63)65-53-52-59(3,4)5)54-64-57(60)50-48-46-44-42-40-38-19-17-15-13-11-9-7-2/h18,20,22-23,25-26,56H,6-17,19,21,24,27-55H2,1-5H3/p+1/b20-18-,23-22-,26-25-. The maximum Gasteiger partial charge on any atom is 0.472 e. The van der Waals surface area contributed by atoms with Crippen LogP contribution in [0, 0.1) is 0 Å². The molecule has 0 amide bonds. The number of hydrogen-bond donors (Lipinski definition) is 1. The summed E-state index contributed by atoms with van der Waals surface area (Å²) in [6.07, 6.45) is 60.7. The van der Waals surface area contributed by atoms with Gasteiger partial charge in [-0.25, -0.2) is 4.57 Å². The smallest absolute Gasteiger partial charge is 0.462 e. The quantitative estimate of drug-likeness (QED) is 0.0211. The van der Waals surface area contributed by atoms with Crippen LogP contribution in [0.25, 0.3) is 0 Å². The molecule has 0 aliphatic heterocycles. The number of carbonyl (C=O) groups excluding carboxylic acids is 2. The van der Waals surface area contributed by atoms with Crippen LogP contribution in [-0.2, 0) is 32.7 Å². The van der Waals surface area contributed by atoms with Crippen molar-refractivity contribution < 1.29 is 42.1 Å². The molecule has 0 spiro atoms. The van der Waals surface area contributed by atoms with Crippen molar-refractivity contribution in [2.24, 2.45) is 0 Å². The van der Waals surface area contributed by atoms with Crippen molar-refractivity contribution in [1.82, 2.24) is 0 Å². The number of rotatable bonds is 53. The monoisotopic (exact) mass is 981 g/mol. The minimum atomic E-state index is -4.38. The largest absolute Gasteiger partial charge is 0.472 e. The second-order valence-electron chi connectivity index (χ2n) is 20.7. The zero-order valence-electron chi connectivity index (χ0n) is 45.4. The lowest BCUT2D eigenvalue weighted by Gasteiger charge is -2.24. The lowest BCUT2D eigenvalue weighted by Crippen LogP contribution is -2.37. The second-order valence-corrected chi connectivity index (χ2v) is 22.1. The van der Waals surface area contributed by atoms with Crippen molar-refractivity contribution in [2.75, 3.05) is 47.5 Å². The maximum atomic E-state index is 12.8. The first kappa shape index (κ1) is 66.2. The first-order valence-electron chi connectivity index (χ1n) is 28.7. The van der Waals surface area contributed by atoms with Gasteiger partial charge in [0.2, 0.25) is 0 Å². The van der Waals surface area contributed by atoms with Crippen molar-refractivity contribution >= 4 is 19.8 Å². The van der Waals surface area contributed by atoms with E-state index in [1.165, 1.54) is 193 Å². The average molecular weight is 981 g/mol. The van der Waals surface area contributed by atoms with Crippen LogP contribution in [0.2, 0.25) is 0 Å². The van der Waals surface area contributed by atoms with E-state index in [1.54, 1.807) is 0 Å². The van der Waals surface area contributed by atoms with Crippen LogP contribution < -0.4 is 0 Å². The minimum absolute atomic E-state index is 0.0340. The average Bonchev–Trinajstić information content (AvgIpc) is 3.30. The summed E-state index contributed by atoms with van der Waals surface area (Å²) in [5, 5.41) is 0. The molecule has 9 nitrogen and oxygen atoms in total. The molecule has 2 atom stereocenters. The van der Waals surface area contributed by atoms with Gasteiger partial charge < -0.3 is 18.9 Å². The van der Waals surface area contributed by atoms with E-state index in [0.29, 0.717) is 23.9 Å². The Balaban J connectivity index is 4.04. The molecule has 2 unspecified atom stereocenters. The molecule has 1 N–H and O–H groups in total. The zero-order chi connectivity index (χ0) is 49.9. The molecule has 0 radical (unpaired) electrons. The fourth-order valence-electron chi connectivity index (χ4n) is 8.20. The molecular weight excluding hydrogens is 870 g/mol. The first-order valence-corrected chi connectivity index (χ1v) is 30.2. The Morgan fingerprint density at radius 2 is 0.794 bits per heavy atom. The summed E-state index contributed by atoms with van der Waals surface area (Å²) in [6.45, 7) is 4.45. The van der Waals surface area contributed by atoms with E-state index >= 15 is 0 Å². The van der Waals surface area contributed by atoms with Crippen molar-refractivity contribution in [3.05, 3.63) is 36.5 Å². The van der Waals surface area contributed by atoms with E-state index in [0.717, 1.165) is 44.9 Å². The van der Waals surface area contributed by atoms with Gasteiger partial charge >= 0.3 is 19.8 Å². The van der Waals surface area contributed by atoms with Crippen molar-refractivity contribution in [3.8, 4) is 0 Å². The topological polar surface area (TPSA) is 108 Å².